The van der Waals surface area contributed by atoms with E-state index >= 15 is 0 Å². The van der Waals surface area contributed by atoms with Crippen LogP contribution in [0.2, 0.25) is 0 Å². The lowest BCUT2D eigenvalue weighted by Crippen LogP contribution is -1.97. The molecule has 0 aliphatic carbocycles. The summed E-state index contributed by atoms with van der Waals surface area (Å²) in [6.45, 7) is 0. The van der Waals surface area contributed by atoms with Gasteiger partial charge < -0.3 is 14.6 Å². The number of methoxy groups -OCH3 is 2. The van der Waals surface area contributed by atoms with Crippen molar-refractivity contribution in [2.24, 2.45) is 0 Å². The number of carbonyl (C=O) groups is 1. The van der Waals surface area contributed by atoms with E-state index in [1.54, 1.807) is 48.5 Å². The van der Waals surface area contributed by atoms with Gasteiger partial charge in [0.05, 0.1) is 14.2 Å². The summed E-state index contributed by atoms with van der Waals surface area (Å²) < 4.78 is 10.3. The lowest BCUT2D eigenvalue weighted by molar-refractivity contribution is 0.104. The molecule has 0 aromatic heterocycles. The molecule has 2 rings (SSSR count). The summed E-state index contributed by atoms with van der Waals surface area (Å²) in [5.41, 5.74) is 1.07. The average molecular weight is 284 g/mol. The van der Waals surface area contributed by atoms with E-state index in [4.69, 9.17) is 9.47 Å². The number of allylic oxidation sites excluding steroid dienone is 1. The summed E-state index contributed by atoms with van der Waals surface area (Å²) in [6, 6.07) is 11.8. The van der Waals surface area contributed by atoms with Crippen LogP contribution in [0.1, 0.15) is 15.9 Å². The Morgan fingerprint density at radius 3 is 2.43 bits per heavy atom. The fourth-order valence-electron chi connectivity index (χ4n) is 1.88. The first-order chi connectivity index (χ1) is 10.2. The van der Waals surface area contributed by atoms with Crippen molar-refractivity contribution in [3.63, 3.8) is 0 Å². The number of ketones is 1. The molecular weight excluding hydrogens is 268 g/mol. The lowest BCUT2D eigenvalue weighted by atomic mass is 10.1. The Kier molecular flexibility index (Phi) is 4.61. The van der Waals surface area contributed by atoms with E-state index in [1.165, 1.54) is 20.3 Å². The molecule has 21 heavy (non-hydrogen) atoms. The molecule has 4 nitrogen and oxygen atoms in total. The zero-order chi connectivity index (χ0) is 15.2. The van der Waals surface area contributed by atoms with Crippen molar-refractivity contribution in [2.45, 2.75) is 0 Å². The molecule has 1 N–H and O–H groups in total. The van der Waals surface area contributed by atoms with Crippen molar-refractivity contribution in [3.8, 4) is 17.2 Å². The Hall–Kier alpha value is -2.75. The molecule has 0 amide bonds. The maximum absolute atomic E-state index is 12.1. The van der Waals surface area contributed by atoms with Crippen LogP contribution < -0.4 is 9.47 Å². The van der Waals surface area contributed by atoms with Crippen LogP contribution in [0.4, 0.5) is 0 Å². The molecule has 2 aromatic rings. The zero-order valence-corrected chi connectivity index (χ0v) is 11.9. The Labute approximate surface area is 123 Å². The molecule has 0 aliphatic heterocycles. The third-order valence-corrected chi connectivity index (χ3v) is 3.02. The number of hydrogen-bond acceptors (Lipinski definition) is 4. The van der Waals surface area contributed by atoms with Crippen LogP contribution in [0.3, 0.4) is 0 Å². The lowest BCUT2D eigenvalue weighted by Gasteiger charge is -2.08. The molecule has 108 valence electrons. The number of aromatic hydroxyl groups is 1. The first-order valence-electron chi connectivity index (χ1n) is 6.38. The molecule has 0 unspecified atom stereocenters. The second-order valence-electron chi connectivity index (χ2n) is 4.33. The van der Waals surface area contributed by atoms with Crippen molar-refractivity contribution in [2.75, 3.05) is 14.2 Å². The number of ether oxygens (including phenoxy) is 2. The summed E-state index contributed by atoms with van der Waals surface area (Å²) in [6.07, 6.45) is 2.99. The summed E-state index contributed by atoms with van der Waals surface area (Å²) in [7, 11) is 3.06. The average Bonchev–Trinajstić information content (AvgIpc) is 2.53. The fraction of sp³-hybridized carbons (Fsp3) is 0.118. The van der Waals surface area contributed by atoms with Crippen LogP contribution in [0.15, 0.2) is 48.5 Å². The second kappa shape index (κ2) is 6.61. The number of rotatable bonds is 5. The van der Waals surface area contributed by atoms with E-state index in [0.717, 1.165) is 0 Å². The van der Waals surface area contributed by atoms with E-state index in [0.29, 0.717) is 22.6 Å². The van der Waals surface area contributed by atoms with Gasteiger partial charge in [0, 0.05) is 11.1 Å². The molecular formula is C17H16O4. The van der Waals surface area contributed by atoms with Crippen LogP contribution in [-0.4, -0.2) is 25.1 Å². The van der Waals surface area contributed by atoms with Gasteiger partial charge in [0.2, 0.25) is 0 Å². The smallest absolute Gasteiger partial charge is 0.185 e. The minimum Gasteiger partial charge on any atom is -0.507 e. The van der Waals surface area contributed by atoms with Crippen molar-refractivity contribution >= 4 is 11.9 Å². The summed E-state index contributed by atoms with van der Waals surface area (Å²) >= 11 is 0. The molecule has 0 aliphatic rings. The maximum Gasteiger partial charge on any atom is 0.185 e. The van der Waals surface area contributed by atoms with Crippen LogP contribution in [0, 0.1) is 0 Å². The zero-order valence-electron chi connectivity index (χ0n) is 11.9. The highest BCUT2D eigenvalue weighted by molar-refractivity contribution is 6.07. The highest BCUT2D eigenvalue weighted by atomic mass is 16.5. The minimum atomic E-state index is -0.181. The van der Waals surface area contributed by atoms with Crippen molar-refractivity contribution in [1.29, 1.82) is 0 Å². The summed E-state index contributed by atoms with van der Waals surface area (Å²) in [4.78, 5) is 12.1. The van der Waals surface area contributed by atoms with E-state index in [-0.39, 0.29) is 11.5 Å². The third kappa shape index (κ3) is 3.42. The SMILES string of the molecule is COc1ccc(C(=O)/C=C/c2ccccc2O)cc1OC. The van der Waals surface area contributed by atoms with Gasteiger partial charge in [-0.25, -0.2) is 0 Å². The Balaban J connectivity index is 2.23. The Morgan fingerprint density at radius 1 is 1.05 bits per heavy atom. The van der Waals surface area contributed by atoms with E-state index < -0.39 is 0 Å². The van der Waals surface area contributed by atoms with Gasteiger partial charge in [-0.15, -0.1) is 0 Å². The van der Waals surface area contributed by atoms with Gasteiger partial charge in [0.15, 0.2) is 17.3 Å². The fourth-order valence-corrected chi connectivity index (χ4v) is 1.88. The summed E-state index contributed by atoms with van der Waals surface area (Å²) in [5, 5.41) is 9.65. The van der Waals surface area contributed by atoms with Gasteiger partial charge in [0.25, 0.3) is 0 Å². The first kappa shape index (κ1) is 14.7. The molecule has 0 spiro atoms. The maximum atomic E-state index is 12.1. The number of carbonyl (C=O) groups excluding carboxylic acids is 1. The normalized spacial score (nSPS) is 10.6. The molecule has 0 bridgehead atoms. The van der Waals surface area contributed by atoms with Crippen LogP contribution in [0.5, 0.6) is 17.2 Å². The highest BCUT2D eigenvalue weighted by Gasteiger charge is 2.08. The van der Waals surface area contributed by atoms with Crippen molar-refractivity contribution < 1.29 is 19.4 Å². The number of benzene rings is 2. The van der Waals surface area contributed by atoms with E-state index in [9.17, 15) is 9.90 Å². The van der Waals surface area contributed by atoms with Gasteiger partial charge in [0.1, 0.15) is 5.75 Å². The quantitative estimate of drug-likeness (QED) is 0.676. The summed E-state index contributed by atoms with van der Waals surface area (Å²) in [5.74, 6) is 1.02. The van der Waals surface area contributed by atoms with E-state index in [1.807, 2.05) is 0 Å². The molecule has 0 saturated carbocycles. The van der Waals surface area contributed by atoms with Crippen molar-refractivity contribution in [3.05, 3.63) is 59.7 Å². The monoisotopic (exact) mass is 284 g/mol. The standard InChI is InChI=1S/C17H16O4/c1-20-16-10-8-13(11-17(16)21-2)15(19)9-7-12-5-3-4-6-14(12)18/h3-11,18H,1-2H3/b9-7+. The van der Waals surface area contributed by atoms with Crippen LogP contribution in [-0.2, 0) is 0 Å². The molecule has 0 saturated heterocycles. The first-order valence-corrected chi connectivity index (χ1v) is 6.38. The van der Waals surface area contributed by atoms with Gasteiger partial charge in [-0.2, -0.15) is 0 Å². The van der Waals surface area contributed by atoms with Gasteiger partial charge >= 0.3 is 0 Å². The molecule has 0 heterocycles. The molecule has 0 radical (unpaired) electrons. The Morgan fingerprint density at radius 2 is 1.76 bits per heavy atom. The minimum absolute atomic E-state index is 0.133. The topological polar surface area (TPSA) is 55.8 Å². The van der Waals surface area contributed by atoms with Gasteiger partial charge in [-0.1, -0.05) is 18.2 Å². The highest BCUT2D eigenvalue weighted by Crippen LogP contribution is 2.28. The second-order valence-corrected chi connectivity index (χ2v) is 4.33. The van der Waals surface area contributed by atoms with Gasteiger partial charge in [-0.05, 0) is 36.4 Å². The third-order valence-electron chi connectivity index (χ3n) is 3.02. The van der Waals surface area contributed by atoms with Crippen molar-refractivity contribution in [1.82, 2.24) is 0 Å². The molecule has 2 aromatic carbocycles. The number of para-hydroxylation sites is 1. The predicted molar refractivity (Wildman–Crippen MR) is 81.0 cm³/mol. The largest absolute Gasteiger partial charge is 0.507 e. The molecule has 4 heteroatoms. The van der Waals surface area contributed by atoms with Crippen LogP contribution in [0.25, 0.3) is 6.08 Å². The van der Waals surface area contributed by atoms with Gasteiger partial charge in [-0.3, -0.25) is 4.79 Å². The van der Waals surface area contributed by atoms with E-state index in [2.05, 4.69) is 0 Å². The number of phenolic OH excluding ortho intramolecular Hbond substituents is 1. The molecule has 0 atom stereocenters. The molecule has 0 fully saturated rings. The number of phenols is 1. The number of hydrogen-bond donors (Lipinski definition) is 1. The predicted octanol–water partition coefficient (Wildman–Crippen LogP) is 3.31. The Bertz CT molecular complexity index is 674. The van der Waals surface area contributed by atoms with Crippen LogP contribution >= 0.6 is 0 Å².